The van der Waals surface area contributed by atoms with Crippen molar-refractivity contribution in [3.05, 3.63) is 64.9 Å². The van der Waals surface area contributed by atoms with Gasteiger partial charge in [0.05, 0.1) is 6.54 Å². The highest BCUT2D eigenvalue weighted by Gasteiger charge is 2.50. The second-order valence-corrected chi connectivity index (χ2v) is 8.54. The lowest BCUT2D eigenvalue weighted by Gasteiger charge is -2.46. The van der Waals surface area contributed by atoms with Crippen molar-refractivity contribution >= 4 is 11.9 Å². The van der Waals surface area contributed by atoms with E-state index < -0.39 is 0 Å². The lowest BCUT2D eigenvalue weighted by Crippen LogP contribution is -2.47. The number of rotatable bonds is 4. The van der Waals surface area contributed by atoms with Gasteiger partial charge < -0.3 is 10.2 Å². The fourth-order valence-corrected chi connectivity index (χ4v) is 5.66. The van der Waals surface area contributed by atoms with Crippen molar-refractivity contribution in [3.63, 3.8) is 0 Å². The zero-order valence-corrected chi connectivity index (χ0v) is 16.4. The highest BCUT2D eigenvalue weighted by Crippen LogP contribution is 2.56. The van der Waals surface area contributed by atoms with Gasteiger partial charge >= 0.3 is 0 Å². The molecule has 27 heavy (non-hydrogen) atoms. The number of benzene rings is 1. The summed E-state index contributed by atoms with van der Waals surface area (Å²) < 4.78 is 0. The van der Waals surface area contributed by atoms with Crippen molar-refractivity contribution in [1.29, 1.82) is 0 Å². The molecule has 3 unspecified atom stereocenters. The van der Waals surface area contributed by atoms with Gasteiger partial charge in [0, 0.05) is 42.1 Å². The molecular weight excluding hydrogens is 330 g/mol. The van der Waals surface area contributed by atoms with Crippen LogP contribution in [0, 0.1) is 11.3 Å². The van der Waals surface area contributed by atoms with Gasteiger partial charge in [-0.2, -0.15) is 0 Å². The monoisotopic (exact) mass is 359 g/mol. The Kier molecular flexibility index (Phi) is 3.99. The van der Waals surface area contributed by atoms with E-state index in [-0.39, 0.29) is 5.41 Å². The SMILES string of the molecule is CC1C2CC3=C(CCC4=C3C=CCN=CC41C)N2CCNc1ccccc1. The molecule has 4 aliphatic rings. The predicted octanol–water partition coefficient (Wildman–Crippen LogP) is 4.81. The molecule has 2 heterocycles. The molecule has 140 valence electrons. The average molecular weight is 360 g/mol. The van der Waals surface area contributed by atoms with Crippen LogP contribution in [0.2, 0.25) is 0 Å². The lowest BCUT2D eigenvalue weighted by molar-refractivity contribution is 0.155. The van der Waals surface area contributed by atoms with Gasteiger partial charge in [-0.3, -0.25) is 4.99 Å². The van der Waals surface area contributed by atoms with Gasteiger partial charge in [0.1, 0.15) is 0 Å². The summed E-state index contributed by atoms with van der Waals surface area (Å²) in [7, 11) is 0. The van der Waals surface area contributed by atoms with Gasteiger partial charge in [0.2, 0.25) is 0 Å². The molecule has 1 aromatic carbocycles. The number of hydrogen-bond acceptors (Lipinski definition) is 3. The van der Waals surface area contributed by atoms with Gasteiger partial charge in [-0.25, -0.2) is 0 Å². The normalized spacial score (nSPS) is 31.3. The summed E-state index contributed by atoms with van der Waals surface area (Å²) in [6.45, 7) is 7.76. The Labute approximate surface area is 162 Å². The number of nitrogens with one attached hydrogen (secondary N) is 1. The average Bonchev–Trinajstić information content (AvgIpc) is 3.02. The lowest BCUT2D eigenvalue weighted by atomic mass is 9.66. The molecule has 2 aliphatic heterocycles. The molecular formula is C24H29N3. The molecule has 0 spiro atoms. The zero-order chi connectivity index (χ0) is 18.4. The van der Waals surface area contributed by atoms with E-state index in [1.165, 1.54) is 30.5 Å². The Morgan fingerprint density at radius 3 is 2.93 bits per heavy atom. The third-order valence-electron chi connectivity index (χ3n) is 7.25. The standard InChI is InChI=1S/C24H29N3/c1-17-23-15-20-19-9-6-12-25-16-24(17,2)21(19)10-11-22(20)27(23)14-13-26-18-7-4-3-5-8-18/h3-9,16-17,23,26H,10-15H2,1-2H3. The highest BCUT2D eigenvalue weighted by molar-refractivity contribution is 5.75. The number of hydrogen-bond donors (Lipinski definition) is 1. The third-order valence-corrected chi connectivity index (χ3v) is 7.25. The van der Waals surface area contributed by atoms with Crippen LogP contribution in [0.5, 0.6) is 0 Å². The van der Waals surface area contributed by atoms with Crippen LogP contribution in [-0.2, 0) is 0 Å². The maximum Gasteiger partial charge on any atom is 0.0570 e. The van der Waals surface area contributed by atoms with Crippen molar-refractivity contribution in [3.8, 4) is 0 Å². The second-order valence-electron chi connectivity index (χ2n) is 8.54. The summed E-state index contributed by atoms with van der Waals surface area (Å²) in [6, 6.07) is 11.1. The van der Waals surface area contributed by atoms with Gasteiger partial charge in [-0.1, -0.05) is 49.8 Å². The number of para-hydroxylation sites is 1. The van der Waals surface area contributed by atoms with Crippen molar-refractivity contribution in [2.24, 2.45) is 16.3 Å². The van der Waals surface area contributed by atoms with Crippen LogP contribution >= 0.6 is 0 Å². The first-order valence-electron chi connectivity index (χ1n) is 10.4. The summed E-state index contributed by atoms with van der Waals surface area (Å²) in [5.74, 6) is 0.574. The van der Waals surface area contributed by atoms with Crippen molar-refractivity contribution < 1.29 is 0 Å². The number of aliphatic imine (C=N–C) groups is 1. The fourth-order valence-electron chi connectivity index (χ4n) is 5.66. The van der Waals surface area contributed by atoms with Crippen LogP contribution in [0.3, 0.4) is 0 Å². The van der Waals surface area contributed by atoms with E-state index in [9.17, 15) is 0 Å². The number of fused-ring (bicyclic) bond motifs is 1. The Hall–Kier alpha value is -2.29. The van der Waals surface area contributed by atoms with E-state index in [0.717, 1.165) is 19.6 Å². The van der Waals surface area contributed by atoms with Gasteiger partial charge in [0.25, 0.3) is 0 Å². The van der Waals surface area contributed by atoms with E-state index in [0.29, 0.717) is 12.0 Å². The Balaban J connectivity index is 1.47. The fraction of sp³-hybridized carbons (Fsp3) is 0.458. The Morgan fingerprint density at radius 1 is 1.22 bits per heavy atom. The quantitative estimate of drug-likeness (QED) is 0.835. The van der Waals surface area contributed by atoms with Crippen LogP contribution in [-0.4, -0.2) is 36.8 Å². The molecule has 5 rings (SSSR count). The smallest absolute Gasteiger partial charge is 0.0570 e. The molecule has 0 fully saturated rings. The van der Waals surface area contributed by atoms with Crippen molar-refractivity contribution in [2.45, 2.75) is 39.2 Å². The minimum atomic E-state index is 0.0869. The zero-order valence-electron chi connectivity index (χ0n) is 16.4. The topological polar surface area (TPSA) is 27.6 Å². The largest absolute Gasteiger partial charge is 0.383 e. The predicted molar refractivity (Wildman–Crippen MR) is 113 cm³/mol. The minimum absolute atomic E-state index is 0.0869. The van der Waals surface area contributed by atoms with Crippen LogP contribution in [0.25, 0.3) is 0 Å². The second kappa shape index (κ2) is 6.40. The molecule has 5 bridgehead atoms. The molecule has 3 heteroatoms. The van der Waals surface area contributed by atoms with Crippen LogP contribution < -0.4 is 5.32 Å². The maximum atomic E-state index is 4.75. The summed E-state index contributed by atoms with van der Waals surface area (Å²) in [5, 5.41) is 3.61. The number of likely N-dealkylation sites (tertiary alicyclic amines) is 1. The van der Waals surface area contributed by atoms with Gasteiger partial charge in [-0.15, -0.1) is 0 Å². The van der Waals surface area contributed by atoms with Crippen molar-refractivity contribution in [2.75, 3.05) is 25.0 Å². The van der Waals surface area contributed by atoms with Crippen LogP contribution in [0.1, 0.15) is 33.1 Å². The van der Waals surface area contributed by atoms with Gasteiger partial charge in [-0.05, 0) is 48.5 Å². The molecule has 3 atom stereocenters. The van der Waals surface area contributed by atoms with Gasteiger partial charge in [0.15, 0.2) is 0 Å². The molecule has 2 aliphatic carbocycles. The highest BCUT2D eigenvalue weighted by atomic mass is 15.2. The van der Waals surface area contributed by atoms with E-state index >= 15 is 0 Å². The van der Waals surface area contributed by atoms with E-state index in [2.05, 4.69) is 72.8 Å². The molecule has 0 saturated carbocycles. The first-order valence-corrected chi connectivity index (χ1v) is 10.4. The number of allylic oxidation sites excluding steroid dienone is 4. The van der Waals surface area contributed by atoms with Crippen LogP contribution in [0.15, 0.2) is 69.9 Å². The molecule has 0 radical (unpaired) electrons. The Morgan fingerprint density at radius 2 is 2.07 bits per heavy atom. The van der Waals surface area contributed by atoms with Crippen molar-refractivity contribution in [1.82, 2.24) is 4.90 Å². The molecule has 0 saturated heterocycles. The molecule has 0 aromatic heterocycles. The number of nitrogens with zero attached hydrogens (tertiary/aromatic N) is 2. The minimum Gasteiger partial charge on any atom is -0.383 e. The summed E-state index contributed by atoms with van der Waals surface area (Å²) in [5.41, 5.74) is 7.72. The Bertz CT molecular complexity index is 861. The third kappa shape index (κ3) is 2.59. The van der Waals surface area contributed by atoms with E-state index in [1.807, 2.05) is 0 Å². The summed E-state index contributed by atoms with van der Waals surface area (Å²) in [4.78, 5) is 7.48. The van der Waals surface area contributed by atoms with E-state index in [1.54, 1.807) is 16.8 Å². The summed E-state index contributed by atoms with van der Waals surface area (Å²) >= 11 is 0. The molecule has 1 aromatic rings. The first-order chi connectivity index (χ1) is 13.2. The molecule has 0 amide bonds. The summed E-state index contributed by atoms with van der Waals surface area (Å²) in [6.07, 6.45) is 10.5. The first kappa shape index (κ1) is 16.9. The molecule has 3 nitrogen and oxygen atoms in total. The molecule has 1 N–H and O–H groups in total. The number of anilines is 1. The van der Waals surface area contributed by atoms with E-state index in [4.69, 9.17) is 4.99 Å². The maximum absolute atomic E-state index is 4.75. The van der Waals surface area contributed by atoms with Crippen LogP contribution in [0.4, 0.5) is 5.69 Å².